The maximum absolute atomic E-state index is 12.1. The Bertz CT molecular complexity index is 992. The molecule has 0 N–H and O–H groups in total. The van der Waals surface area contributed by atoms with E-state index in [4.69, 9.17) is 23.7 Å². The van der Waals surface area contributed by atoms with Crippen molar-refractivity contribution in [2.45, 2.75) is 26.9 Å². The summed E-state index contributed by atoms with van der Waals surface area (Å²) in [5.41, 5.74) is 0.486. The number of hydrogen-bond acceptors (Lipinski definition) is 9. The van der Waals surface area contributed by atoms with Gasteiger partial charge in [0.25, 0.3) is 0 Å². The van der Waals surface area contributed by atoms with Crippen LogP contribution in [0, 0.1) is 5.41 Å². The Morgan fingerprint density at radius 3 is 1.59 bits per heavy atom. The summed E-state index contributed by atoms with van der Waals surface area (Å²) < 4.78 is 25.1. The minimum absolute atomic E-state index is 0.102. The van der Waals surface area contributed by atoms with E-state index < -0.39 is 29.1 Å². The molecule has 2 aromatic rings. The molecule has 0 amide bonds. The Morgan fingerprint density at radius 1 is 0.647 bits per heavy atom. The number of Topliss-reactive ketones (excluding diaryl/α,β-unsaturated/α-hetero) is 1. The molecule has 0 aliphatic rings. The maximum Gasteiger partial charge on any atom is 0.417 e. The van der Waals surface area contributed by atoms with Crippen molar-refractivity contribution in [3.05, 3.63) is 59.7 Å². The highest BCUT2D eigenvalue weighted by Crippen LogP contribution is 2.17. The van der Waals surface area contributed by atoms with Gasteiger partial charge in [-0.2, -0.15) is 0 Å². The first-order valence-corrected chi connectivity index (χ1v) is 10.4. The number of esters is 3. The molecule has 0 saturated heterocycles. The largest absolute Gasteiger partial charge is 0.497 e. The SMILES string of the molecule is COc1ccc(COC(=O)C(=O)OCC(C)(C)COC(=O)C(=O)Cc2ccc(OC)cc2)cc1. The van der Waals surface area contributed by atoms with Gasteiger partial charge in [0, 0.05) is 11.8 Å². The topological polar surface area (TPSA) is 114 Å². The smallest absolute Gasteiger partial charge is 0.417 e. The van der Waals surface area contributed by atoms with Crippen molar-refractivity contribution in [3.8, 4) is 11.5 Å². The predicted molar refractivity (Wildman–Crippen MR) is 120 cm³/mol. The summed E-state index contributed by atoms with van der Waals surface area (Å²) >= 11 is 0. The molecule has 0 atom stereocenters. The van der Waals surface area contributed by atoms with E-state index in [1.165, 1.54) is 14.2 Å². The number of ketones is 1. The van der Waals surface area contributed by atoms with Crippen LogP contribution >= 0.6 is 0 Å². The summed E-state index contributed by atoms with van der Waals surface area (Å²) in [5.74, 6) is -2.71. The van der Waals surface area contributed by atoms with Crippen molar-refractivity contribution < 1.29 is 42.9 Å². The van der Waals surface area contributed by atoms with E-state index in [9.17, 15) is 19.2 Å². The lowest BCUT2D eigenvalue weighted by Crippen LogP contribution is -2.32. The van der Waals surface area contributed by atoms with Gasteiger partial charge >= 0.3 is 17.9 Å². The van der Waals surface area contributed by atoms with Gasteiger partial charge in [-0.1, -0.05) is 38.1 Å². The molecule has 0 aliphatic heterocycles. The van der Waals surface area contributed by atoms with Crippen LogP contribution in [-0.4, -0.2) is 51.1 Å². The van der Waals surface area contributed by atoms with Gasteiger partial charge in [0.15, 0.2) is 0 Å². The number of carbonyl (C=O) groups is 4. The fourth-order valence-electron chi connectivity index (χ4n) is 2.63. The van der Waals surface area contributed by atoms with Crippen LogP contribution < -0.4 is 9.47 Å². The average Bonchev–Trinajstić information content (AvgIpc) is 2.85. The molecule has 0 radical (unpaired) electrons. The van der Waals surface area contributed by atoms with Crippen LogP contribution in [0.4, 0.5) is 0 Å². The molecule has 0 heterocycles. The molecular formula is C25H28O9. The zero-order valence-corrected chi connectivity index (χ0v) is 19.6. The van der Waals surface area contributed by atoms with Crippen LogP contribution in [0.2, 0.25) is 0 Å². The highest BCUT2D eigenvalue weighted by molar-refractivity contribution is 6.34. The third kappa shape index (κ3) is 8.57. The number of hydrogen-bond donors (Lipinski definition) is 0. The highest BCUT2D eigenvalue weighted by atomic mass is 16.6. The van der Waals surface area contributed by atoms with Crippen LogP contribution in [0.25, 0.3) is 0 Å². The zero-order valence-electron chi connectivity index (χ0n) is 19.6. The van der Waals surface area contributed by atoms with Gasteiger partial charge in [0.05, 0.1) is 14.2 Å². The predicted octanol–water partition coefficient (Wildman–Crippen LogP) is 2.67. The van der Waals surface area contributed by atoms with Crippen LogP contribution in [0.3, 0.4) is 0 Å². The summed E-state index contributed by atoms with van der Waals surface area (Å²) in [5, 5.41) is 0. The third-order valence-electron chi connectivity index (χ3n) is 4.64. The van der Waals surface area contributed by atoms with E-state index in [2.05, 4.69) is 0 Å². The van der Waals surface area contributed by atoms with E-state index in [1.54, 1.807) is 62.4 Å². The van der Waals surface area contributed by atoms with Crippen molar-refractivity contribution in [2.75, 3.05) is 27.4 Å². The van der Waals surface area contributed by atoms with Gasteiger partial charge < -0.3 is 23.7 Å². The Morgan fingerprint density at radius 2 is 1.09 bits per heavy atom. The molecule has 0 fully saturated rings. The van der Waals surface area contributed by atoms with Gasteiger partial charge in [-0.25, -0.2) is 14.4 Å². The summed E-state index contributed by atoms with van der Waals surface area (Å²) in [6.07, 6.45) is -0.113. The third-order valence-corrected chi connectivity index (χ3v) is 4.64. The molecular weight excluding hydrogens is 444 g/mol. The lowest BCUT2D eigenvalue weighted by molar-refractivity contribution is -0.171. The molecule has 0 unspecified atom stereocenters. The highest BCUT2D eigenvalue weighted by Gasteiger charge is 2.27. The second kappa shape index (κ2) is 12.4. The summed E-state index contributed by atoms with van der Waals surface area (Å²) in [4.78, 5) is 47.9. The molecule has 0 aliphatic carbocycles. The first kappa shape index (κ1) is 26.4. The van der Waals surface area contributed by atoms with E-state index in [0.717, 1.165) is 0 Å². The Hall–Kier alpha value is -3.88. The molecule has 2 rings (SSSR count). The normalized spacial score (nSPS) is 10.7. The maximum atomic E-state index is 12.1. The Balaban J connectivity index is 1.73. The molecule has 34 heavy (non-hydrogen) atoms. The fraction of sp³-hybridized carbons (Fsp3) is 0.360. The Kier molecular flexibility index (Phi) is 9.61. The van der Waals surface area contributed by atoms with Crippen molar-refractivity contribution in [1.82, 2.24) is 0 Å². The minimum atomic E-state index is -1.16. The van der Waals surface area contributed by atoms with Gasteiger partial charge in [0.2, 0.25) is 5.78 Å². The molecule has 9 heteroatoms. The lowest BCUT2D eigenvalue weighted by atomic mass is 9.96. The second-order valence-electron chi connectivity index (χ2n) is 8.19. The van der Waals surface area contributed by atoms with E-state index in [1.807, 2.05) is 0 Å². The van der Waals surface area contributed by atoms with E-state index in [-0.39, 0.29) is 26.2 Å². The monoisotopic (exact) mass is 472 g/mol. The zero-order chi connectivity index (χ0) is 25.1. The summed E-state index contributed by atoms with van der Waals surface area (Å²) in [6.45, 7) is 2.81. The Labute approximate surface area is 197 Å². The molecule has 182 valence electrons. The minimum Gasteiger partial charge on any atom is -0.497 e. The van der Waals surface area contributed by atoms with Crippen LogP contribution in [-0.2, 0) is 46.4 Å². The lowest BCUT2D eigenvalue weighted by Gasteiger charge is -2.23. The molecule has 2 aromatic carbocycles. The second-order valence-corrected chi connectivity index (χ2v) is 8.19. The van der Waals surface area contributed by atoms with Crippen molar-refractivity contribution >= 4 is 23.7 Å². The van der Waals surface area contributed by atoms with Crippen molar-refractivity contribution in [3.63, 3.8) is 0 Å². The number of benzene rings is 2. The fourth-order valence-corrected chi connectivity index (χ4v) is 2.63. The first-order valence-electron chi connectivity index (χ1n) is 10.4. The number of carbonyl (C=O) groups excluding carboxylic acids is 4. The van der Waals surface area contributed by atoms with Crippen LogP contribution in [0.5, 0.6) is 11.5 Å². The van der Waals surface area contributed by atoms with Crippen LogP contribution in [0.15, 0.2) is 48.5 Å². The standard InChI is InChI=1S/C25H28O9/c1-25(2,15-33-22(27)21(26)13-17-5-9-19(30-3)10-6-17)16-34-24(29)23(28)32-14-18-7-11-20(31-4)12-8-18/h5-12H,13-16H2,1-4H3. The quantitative estimate of drug-likeness (QED) is 0.277. The van der Waals surface area contributed by atoms with Gasteiger partial charge in [-0.3, -0.25) is 4.79 Å². The van der Waals surface area contributed by atoms with Crippen LogP contribution in [0.1, 0.15) is 25.0 Å². The van der Waals surface area contributed by atoms with E-state index in [0.29, 0.717) is 22.6 Å². The average molecular weight is 472 g/mol. The molecule has 0 bridgehead atoms. The molecule has 0 aromatic heterocycles. The van der Waals surface area contributed by atoms with Crippen molar-refractivity contribution in [1.29, 1.82) is 0 Å². The van der Waals surface area contributed by atoms with Crippen molar-refractivity contribution in [2.24, 2.45) is 5.41 Å². The molecule has 9 nitrogen and oxygen atoms in total. The molecule has 0 saturated carbocycles. The van der Waals surface area contributed by atoms with Gasteiger partial charge in [-0.15, -0.1) is 0 Å². The number of rotatable bonds is 11. The van der Waals surface area contributed by atoms with Gasteiger partial charge in [-0.05, 0) is 35.4 Å². The summed E-state index contributed by atoms with van der Waals surface area (Å²) in [6, 6.07) is 13.5. The number of methoxy groups -OCH3 is 2. The first-order chi connectivity index (χ1) is 16.1. The van der Waals surface area contributed by atoms with E-state index >= 15 is 0 Å². The number of ether oxygens (including phenoxy) is 5. The van der Waals surface area contributed by atoms with Gasteiger partial charge in [0.1, 0.15) is 31.3 Å². The molecule has 0 spiro atoms. The summed E-state index contributed by atoms with van der Waals surface area (Å²) in [7, 11) is 3.07.